The summed E-state index contributed by atoms with van der Waals surface area (Å²) in [7, 11) is -2.28. The summed E-state index contributed by atoms with van der Waals surface area (Å²) in [6.45, 7) is 5.09. The number of carboxylic acids is 3. The zero-order chi connectivity index (χ0) is 13.8. The second-order valence-electron chi connectivity index (χ2n) is 4.53. The van der Waals surface area contributed by atoms with Crippen molar-refractivity contribution in [3.63, 3.8) is 0 Å². The molecule has 7 nitrogen and oxygen atoms in total. The minimum atomic E-state index is -2.28. The van der Waals surface area contributed by atoms with Crippen molar-refractivity contribution >= 4 is 26.2 Å². The highest BCUT2D eigenvalue weighted by atomic mass is 28.4. The lowest BCUT2D eigenvalue weighted by Crippen LogP contribution is -2.44. The minimum Gasteiger partial charge on any atom is -0.481 e. The second kappa shape index (κ2) is 5.78. The molecule has 0 saturated carbocycles. The molecule has 0 aliphatic heterocycles. The van der Waals surface area contributed by atoms with Gasteiger partial charge in [-0.2, -0.15) is 0 Å². The SMILES string of the molecule is C[Si](C)(C)OC(C(=O)O)C(CC(=O)O)C(=O)O. The zero-order valence-corrected chi connectivity index (χ0v) is 10.8. The third-order valence-electron chi connectivity index (χ3n) is 1.80. The van der Waals surface area contributed by atoms with Gasteiger partial charge in [-0.25, -0.2) is 4.79 Å². The normalized spacial score (nSPS) is 15.0. The van der Waals surface area contributed by atoms with Crippen molar-refractivity contribution in [1.29, 1.82) is 0 Å². The van der Waals surface area contributed by atoms with Crippen molar-refractivity contribution in [3.05, 3.63) is 0 Å². The number of rotatable bonds is 7. The smallest absolute Gasteiger partial charge is 0.332 e. The Bertz CT molecular complexity index is 320. The molecule has 0 aliphatic carbocycles. The number of carbonyl (C=O) groups is 3. The second-order valence-corrected chi connectivity index (χ2v) is 8.99. The van der Waals surface area contributed by atoms with Gasteiger partial charge in [-0.1, -0.05) is 0 Å². The van der Waals surface area contributed by atoms with E-state index in [1.54, 1.807) is 19.6 Å². The quantitative estimate of drug-likeness (QED) is 0.571. The predicted molar refractivity (Wildman–Crippen MR) is 59.2 cm³/mol. The number of hydrogen-bond acceptors (Lipinski definition) is 4. The molecule has 0 radical (unpaired) electrons. The fraction of sp³-hybridized carbons (Fsp3) is 0.667. The lowest BCUT2D eigenvalue weighted by Gasteiger charge is -2.26. The van der Waals surface area contributed by atoms with Crippen LogP contribution in [-0.2, 0) is 18.8 Å². The Hall–Kier alpha value is -1.41. The topological polar surface area (TPSA) is 121 Å². The molecular formula is C9H16O7Si. The maximum Gasteiger partial charge on any atom is 0.332 e. The summed E-state index contributed by atoms with van der Waals surface area (Å²) in [6, 6.07) is 0. The van der Waals surface area contributed by atoms with Crippen LogP contribution in [0.4, 0.5) is 0 Å². The fourth-order valence-electron chi connectivity index (χ4n) is 1.20. The van der Waals surface area contributed by atoms with Crippen molar-refractivity contribution in [2.24, 2.45) is 5.92 Å². The molecule has 0 aromatic heterocycles. The van der Waals surface area contributed by atoms with Crippen molar-refractivity contribution in [2.45, 2.75) is 32.2 Å². The fourth-order valence-corrected chi connectivity index (χ4v) is 2.22. The maximum atomic E-state index is 10.9. The van der Waals surface area contributed by atoms with E-state index in [1.807, 2.05) is 0 Å². The first-order valence-corrected chi connectivity index (χ1v) is 8.30. The van der Waals surface area contributed by atoms with Crippen LogP contribution in [0.3, 0.4) is 0 Å². The molecule has 0 aromatic rings. The molecule has 8 heteroatoms. The van der Waals surface area contributed by atoms with Crippen molar-refractivity contribution in [1.82, 2.24) is 0 Å². The van der Waals surface area contributed by atoms with E-state index in [-0.39, 0.29) is 0 Å². The van der Waals surface area contributed by atoms with Crippen LogP contribution in [0.2, 0.25) is 19.6 Å². The van der Waals surface area contributed by atoms with Crippen LogP contribution in [0, 0.1) is 5.92 Å². The summed E-state index contributed by atoms with van der Waals surface area (Å²) in [5, 5.41) is 26.3. The van der Waals surface area contributed by atoms with E-state index in [1.165, 1.54) is 0 Å². The number of hydrogen-bond donors (Lipinski definition) is 3. The van der Waals surface area contributed by atoms with Gasteiger partial charge >= 0.3 is 17.9 Å². The molecule has 0 bridgehead atoms. The van der Waals surface area contributed by atoms with Crippen LogP contribution >= 0.6 is 0 Å². The first-order valence-electron chi connectivity index (χ1n) is 4.90. The van der Waals surface area contributed by atoms with Gasteiger partial charge < -0.3 is 19.7 Å². The molecule has 0 heterocycles. The van der Waals surface area contributed by atoms with Gasteiger partial charge in [0.15, 0.2) is 14.4 Å². The Morgan fingerprint density at radius 1 is 1.06 bits per heavy atom. The van der Waals surface area contributed by atoms with Gasteiger partial charge in [0.25, 0.3) is 0 Å². The third-order valence-corrected chi connectivity index (χ3v) is 2.76. The molecule has 3 N–H and O–H groups in total. The lowest BCUT2D eigenvalue weighted by molar-refractivity contribution is -0.161. The standard InChI is InChI=1S/C9H16O7Si/c1-17(2,3)16-7(9(14)15)5(8(12)13)4-6(10)11/h5,7H,4H2,1-3H3,(H,10,11)(H,12,13)(H,14,15). The van der Waals surface area contributed by atoms with Crippen LogP contribution in [0.25, 0.3) is 0 Å². The summed E-state index contributed by atoms with van der Waals surface area (Å²) in [6.07, 6.45) is -2.41. The summed E-state index contributed by atoms with van der Waals surface area (Å²) in [4.78, 5) is 32.3. The molecular weight excluding hydrogens is 248 g/mol. The van der Waals surface area contributed by atoms with Gasteiger partial charge in [0.2, 0.25) is 0 Å². The van der Waals surface area contributed by atoms with Crippen molar-refractivity contribution in [3.8, 4) is 0 Å². The van der Waals surface area contributed by atoms with Gasteiger partial charge in [0.05, 0.1) is 6.42 Å². The summed E-state index contributed by atoms with van der Waals surface area (Å²) < 4.78 is 5.22. The molecule has 0 rings (SSSR count). The Kier molecular flexibility index (Phi) is 5.30. The molecule has 2 unspecified atom stereocenters. The Labute approximate surface area is 99.1 Å². The van der Waals surface area contributed by atoms with E-state index < -0.39 is 44.7 Å². The van der Waals surface area contributed by atoms with E-state index in [2.05, 4.69) is 0 Å². The zero-order valence-electron chi connectivity index (χ0n) is 9.84. The third kappa shape index (κ3) is 6.02. The molecule has 98 valence electrons. The van der Waals surface area contributed by atoms with Crippen molar-refractivity contribution < 1.29 is 34.1 Å². The van der Waals surface area contributed by atoms with Gasteiger partial charge in [-0.15, -0.1) is 0 Å². The van der Waals surface area contributed by atoms with E-state index in [4.69, 9.17) is 19.7 Å². The lowest BCUT2D eigenvalue weighted by atomic mass is 9.99. The van der Waals surface area contributed by atoms with Gasteiger partial charge in [-0.3, -0.25) is 9.59 Å². The molecule has 2 atom stereocenters. The minimum absolute atomic E-state index is 0.781. The summed E-state index contributed by atoms with van der Waals surface area (Å²) in [5.41, 5.74) is 0. The van der Waals surface area contributed by atoms with Crippen LogP contribution in [0.15, 0.2) is 0 Å². The van der Waals surface area contributed by atoms with E-state index in [0.717, 1.165) is 0 Å². The molecule has 0 spiro atoms. The highest BCUT2D eigenvalue weighted by Gasteiger charge is 2.39. The highest BCUT2D eigenvalue weighted by molar-refractivity contribution is 6.69. The van der Waals surface area contributed by atoms with Gasteiger partial charge in [0.1, 0.15) is 5.92 Å². The monoisotopic (exact) mass is 264 g/mol. The van der Waals surface area contributed by atoms with E-state index in [9.17, 15) is 14.4 Å². The summed E-state index contributed by atoms with van der Waals surface area (Å²) >= 11 is 0. The van der Waals surface area contributed by atoms with Gasteiger partial charge in [0, 0.05) is 0 Å². The average molecular weight is 264 g/mol. The van der Waals surface area contributed by atoms with Crippen LogP contribution < -0.4 is 0 Å². The number of aliphatic carboxylic acids is 3. The van der Waals surface area contributed by atoms with Crippen LogP contribution in [-0.4, -0.2) is 47.6 Å². The molecule has 17 heavy (non-hydrogen) atoms. The average Bonchev–Trinajstić information content (AvgIpc) is 2.08. The van der Waals surface area contributed by atoms with E-state index in [0.29, 0.717) is 0 Å². The van der Waals surface area contributed by atoms with Gasteiger partial charge in [-0.05, 0) is 19.6 Å². The van der Waals surface area contributed by atoms with Crippen LogP contribution in [0.1, 0.15) is 6.42 Å². The number of carboxylic acid groups (broad SMARTS) is 3. The first kappa shape index (κ1) is 15.6. The predicted octanol–water partition coefficient (Wildman–Crippen LogP) is 0.467. The molecule has 0 aromatic carbocycles. The Balaban J connectivity index is 5.03. The van der Waals surface area contributed by atoms with Crippen LogP contribution in [0.5, 0.6) is 0 Å². The summed E-state index contributed by atoms with van der Waals surface area (Å²) in [5.74, 6) is -5.90. The Morgan fingerprint density at radius 2 is 1.53 bits per heavy atom. The Morgan fingerprint density at radius 3 is 1.76 bits per heavy atom. The molecule has 0 aliphatic rings. The molecule has 0 fully saturated rings. The largest absolute Gasteiger partial charge is 0.481 e. The molecule has 0 saturated heterocycles. The highest BCUT2D eigenvalue weighted by Crippen LogP contribution is 2.18. The first-order chi connectivity index (χ1) is 7.54. The molecule has 0 amide bonds. The maximum absolute atomic E-state index is 10.9. The van der Waals surface area contributed by atoms with E-state index >= 15 is 0 Å². The van der Waals surface area contributed by atoms with Crippen molar-refractivity contribution in [2.75, 3.05) is 0 Å².